The first-order valence-corrected chi connectivity index (χ1v) is 13.0. The smallest absolute Gasteiger partial charge is 0.385 e. The van der Waals surface area contributed by atoms with Gasteiger partial charge in [0.1, 0.15) is 0 Å². The van der Waals surface area contributed by atoms with Crippen molar-refractivity contribution in [2.45, 2.75) is 76.3 Å². The number of sulfonamides is 1. The molecule has 33 heavy (non-hydrogen) atoms. The summed E-state index contributed by atoms with van der Waals surface area (Å²) in [5.74, 6) is -0.152. The molecule has 3 rings (SSSR count). The van der Waals surface area contributed by atoms with E-state index in [2.05, 4.69) is 10.0 Å². The molecule has 0 aromatic heterocycles. The quantitative estimate of drug-likeness (QED) is 0.611. The third-order valence-corrected chi connectivity index (χ3v) is 8.73. The molecule has 10 heteroatoms. The summed E-state index contributed by atoms with van der Waals surface area (Å²) in [5, 5.41) is 3.09. The van der Waals surface area contributed by atoms with Gasteiger partial charge in [-0.1, -0.05) is 0 Å². The molecule has 2 N–H and O–H groups in total. The summed E-state index contributed by atoms with van der Waals surface area (Å²) in [6, 6.07) is 3.35. The van der Waals surface area contributed by atoms with Crippen molar-refractivity contribution in [1.29, 1.82) is 0 Å². The number of nitrogens with one attached hydrogen (secondary N) is 2. The van der Waals surface area contributed by atoms with Crippen LogP contribution in [0.15, 0.2) is 18.2 Å². The number of carbonyl (C=O) groups is 1. The molecule has 0 spiro atoms. The van der Waals surface area contributed by atoms with Crippen LogP contribution in [-0.4, -0.2) is 49.6 Å². The highest BCUT2D eigenvalue weighted by Crippen LogP contribution is 2.33. The van der Waals surface area contributed by atoms with Crippen LogP contribution in [0.5, 0.6) is 0 Å². The molecule has 2 aliphatic rings. The normalized spacial score (nSPS) is 22.4. The van der Waals surface area contributed by atoms with Gasteiger partial charge in [0.05, 0.1) is 10.3 Å². The van der Waals surface area contributed by atoms with Crippen LogP contribution in [0.4, 0.5) is 18.9 Å². The maximum absolute atomic E-state index is 13.4. The highest BCUT2D eigenvalue weighted by molar-refractivity contribution is 7.90. The molecular weight excluding hydrogens is 455 g/mol. The van der Waals surface area contributed by atoms with Gasteiger partial charge in [0.2, 0.25) is 10.0 Å². The molecule has 0 radical (unpaired) electrons. The lowest BCUT2D eigenvalue weighted by Gasteiger charge is -2.31. The molecule has 1 saturated heterocycles. The van der Waals surface area contributed by atoms with Crippen molar-refractivity contribution < 1.29 is 26.4 Å². The van der Waals surface area contributed by atoms with Crippen molar-refractivity contribution in [3.05, 3.63) is 29.3 Å². The summed E-state index contributed by atoms with van der Waals surface area (Å²) < 4.78 is 66.9. The molecule has 1 aliphatic heterocycles. The van der Waals surface area contributed by atoms with E-state index >= 15 is 0 Å². The van der Waals surface area contributed by atoms with E-state index < -0.39 is 26.5 Å². The number of carbonyl (C=O) groups excluding carboxylic acids is 1. The van der Waals surface area contributed by atoms with E-state index in [4.69, 9.17) is 0 Å². The fourth-order valence-corrected chi connectivity index (χ4v) is 5.29. The van der Waals surface area contributed by atoms with Crippen LogP contribution in [0.25, 0.3) is 0 Å². The Morgan fingerprint density at radius 2 is 1.64 bits per heavy atom. The molecule has 1 aliphatic carbocycles. The van der Waals surface area contributed by atoms with E-state index in [1.807, 2.05) is 0 Å². The van der Waals surface area contributed by atoms with Crippen molar-refractivity contribution in [3.63, 3.8) is 0 Å². The van der Waals surface area contributed by atoms with E-state index in [1.165, 1.54) is 6.07 Å². The van der Waals surface area contributed by atoms with E-state index in [1.54, 1.807) is 25.7 Å². The highest BCUT2D eigenvalue weighted by Gasteiger charge is 2.34. The second-order valence-electron chi connectivity index (χ2n) is 10.1. The van der Waals surface area contributed by atoms with Crippen LogP contribution in [0.2, 0.25) is 0 Å². The molecule has 1 aromatic carbocycles. The fraction of sp³-hybridized carbons (Fsp3) is 0.696. The second kappa shape index (κ2) is 9.82. The zero-order chi connectivity index (χ0) is 24.4. The molecular formula is C23H34F3N3O3S. The van der Waals surface area contributed by atoms with Crippen molar-refractivity contribution in [2.75, 3.05) is 25.0 Å². The Morgan fingerprint density at radius 3 is 2.18 bits per heavy atom. The van der Waals surface area contributed by atoms with E-state index in [-0.39, 0.29) is 29.1 Å². The summed E-state index contributed by atoms with van der Waals surface area (Å²) in [6.07, 6.45) is 0.0897. The fourth-order valence-electron chi connectivity index (χ4n) is 4.26. The standard InChI is InChI=1S/C23H34F3N3O3S/c1-22(2,3)33(31,32)28-19-8-6-16(7-9-19)15-27-20-13-17(12-18(14-20)23(24,25)26)21(30)29-10-4-5-11-29/h12-14,16,19,27-28H,4-11,15H2,1-3H3/t16-,19-. The lowest BCUT2D eigenvalue weighted by atomic mass is 9.86. The van der Waals surface area contributed by atoms with Gasteiger partial charge in [0.15, 0.2) is 0 Å². The maximum Gasteiger partial charge on any atom is 0.416 e. The van der Waals surface area contributed by atoms with Gasteiger partial charge < -0.3 is 10.2 Å². The van der Waals surface area contributed by atoms with Gasteiger partial charge in [-0.05, 0) is 83.4 Å². The first-order valence-electron chi connectivity index (χ1n) is 11.5. The Bertz CT molecular complexity index is 944. The molecule has 0 unspecified atom stereocenters. The number of benzene rings is 1. The second-order valence-corrected chi connectivity index (χ2v) is 12.6. The number of hydrogen-bond donors (Lipinski definition) is 2. The molecule has 186 valence electrons. The van der Waals surface area contributed by atoms with Crippen molar-refractivity contribution in [2.24, 2.45) is 5.92 Å². The number of likely N-dealkylation sites (tertiary alicyclic amines) is 1. The van der Waals surface area contributed by atoms with E-state index in [0.717, 1.165) is 37.8 Å². The van der Waals surface area contributed by atoms with Crippen LogP contribution < -0.4 is 10.0 Å². The average Bonchev–Trinajstić information content (AvgIpc) is 3.25. The molecule has 1 aromatic rings. The van der Waals surface area contributed by atoms with E-state index in [9.17, 15) is 26.4 Å². The summed E-state index contributed by atoms with van der Waals surface area (Å²) >= 11 is 0. The molecule has 0 bridgehead atoms. The Kier molecular flexibility index (Phi) is 7.68. The lowest BCUT2D eigenvalue weighted by Crippen LogP contribution is -2.46. The minimum absolute atomic E-state index is 0.0505. The number of amides is 1. The van der Waals surface area contributed by atoms with Gasteiger partial charge in [0, 0.05) is 36.9 Å². The number of nitrogens with zero attached hydrogens (tertiary/aromatic N) is 1. The Labute approximate surface area is 194 Å². The largest absolute Gasteiger partial charge is 0.416 e. The van der Waals surface area contributed by atoms with Crippen molar-refractivity contribution in [1.82, 2.24) is 9.62 Å². The molecule has 1 amide bonds. The van der Waals surface area contributed by atoms with Crippen LogP contribution in [0, 0.1) is 5.92 Å². The first kappa shape index (κ1) is 25.8. The van der Waals surface area contributed by atoms with Crippen LogP contribution in [-0.2, 0) is 16.2 Å². The number of anilines is 1. The van der Waals surface area contributed by atoms with Gasteiger partial charge in [-0.15, -0.1) is 0 Å². The monoisotopic (exact) mass is 489 g/mol. The zero-order valence-electron chi connectivity index (χ0n) is 19.5. The Balaban J connectivity index is 1.62. The van der Waals surface area contributed by atoms with Gasteiger partial charge >= 0.3 is 6.18 Å². The average molecular weight is 490 g/mol. The zero-order valence-corrected chi connectivity index (χ0v) is 20.3. The minimum Gasteiger partial charge on any atom is -0.385 e. The molecule has 1 saturated carbocycles. The van der Waals surface area contributed by atoms with Crippen molar-refractivity contribution in [3.8, 4) is 0 Å². The van der Waals surface area contributed by atoms with Gasteiger partial charge in [-0.3, -0.25) is 4.79 Å². The van der Waals surface area contributed by atoms with Gasteiger partial charge in [0.25, 0.3) is 5.91 Å². The number of rotatable bonds is 6. The predicted octanol–water partition coefficient (Wildman–Crippen LogP) is 4.63. The van der Waals surface area contributed by atoms with E-state index in [0.29, 0.717) is 32.5 Å². The number of hydrogen-bond acceptors (Lipinski definition) is 4. The third-order valence-electron chi connectivity index (χ3n) is 6.47. The molecule has 1 heterocycles. The summed E-state index contributed by atoms with van der Waals surface area (Å²) in [5.41, 5.74) is -0.507. The SMILES string of the molecule is CC(C)(C)S(=O)(=O)N[C@H]1CC[C@H](CNc2cc(C(=O)N3CCCC3)cc(C(F)(F)F)c2)CC1. The maximum atomic E-state index is 13.4. The van der Waals surface area contributed by atoms with Crippen molar-refractivity contribution >= 4 is 21.6 Å². The summed E-state index contributed by atoms with van der Waals surface area (Å²) in [6.45, 7) is 6.57. The third kappa shape index (κ3) is 6.62. The van der Waals surface area contributed by atoms with Crippen LogP contribution >= 0.6 is 0 Å². The lowest BCUT2D eigenvalue weighted by molar-refractivity contribution is -0.137. The topological polar surface area (TPSA) is 78.5 Å². The first-order chi connectivity index (χ1) is 15.3. The summed E-state index contributed by atoms with van der Waals surface area (Å²) in [7, 11) is -3.42. The van der Waals surface area contributed by atoms with Crippen LogP contribution in [0.3, 0.4) is 0 Å². The highest BCUT2D eigenvalue weighted by atomic mass is 32.2. The molecule has 0 atom stereocenters. The Morgan fingerprint density at radius 1 is 1.03 bits per heavy atom. The van der Waals surface area contributed by atoms with Gasteiger partial charge in [-0.2, -0.15) is 13.2 Å². The molecule has 6 nitrogen and oxygen atoms in total. The Hall–Kier alpha value is -1.81. The number of halogens is 3. The van der Waals surface area contributed by atoms with Gasteiger partial charge in [-0.25, -0.2) is 13.1 Å². The van der Waals surface area contributed by atoms with Crippen LogP contribution in [0.1, 0.15) is 75.2 Å². The predicted molar refractivity (Wildman–Crippen MR) is 123 cm³/mol. The minimum atomic E-state index is -4.54. The number of alkyl halides is 3. The molecule has 2 fully saturated rings. The summed E-state index contributed by atoms with van der Waals surface area (Å²) in [4.78, 5) is 14.3.